The Hall–Kier alpha value is -1.34. The summed E-state index contributed by atoms with van der Waals surface area (Å²) in [6, 6.07) is 10.2. The second-order valence-corrected chi connectivity index (χ2v) is 3.81. The molecule has 0 aliphatic heterocycles. The van der Waals surface area contributed by atoms with Crippen molar-refractivity contribution in [2.24, 2.45) is 0 Å². The van der Waals surface area contributed by atoms with Gasteiger partial charge in [-0.1, -0.05) is 35.9 Å². The van der Waals surface area contributed by atoms with Crippen LogP contribution in [-0.4, -0.2) is 10.9 Å². The number of hydrogen-bond acceptors (Lipinski definition) is 1. The van der Waals surface area contributed by atoms with Gasteiger partial charge in [-0.2, -0.15) is 0 Å². The molecule has 0 amide bonds. The van der Waals surface area contributed by atoms with Crippen molar-refractivity contribution in [1.82, 2.24) is 4.98 Å². The lowest BCUT2D eigenvalue weighted by Gasteiger charge is -2.01. The van der Waals surface area contributed by atoms with E-state index in [1.54, 1.807) is 0 Å². The van der Waals surface area contributed by atoms with Gasteiger partial charge in [-0.05, 0) is 13.0 Å². The van der Waals surface area contributed by atoms with E-state index in [0.29, 0.717) is 5.88 Å². The molecule has 2 heteroatoms. The number of pyridine rings is 1. The number of para-hydroxylation sites is 1. The molecule has 0 aliphatic rings. The Kier molecular flexibility index (Phi) is 3.02. The van der Waals surface area contributed by atoms with Crippen molar-refractivity contribution >= 4 is 28.6 Å². The molecule has 0 atom stereocenters. The zero-order valence-electron chi connectivity index (χ0n) is 8.57. The Balaban J connectivity index is 2.61. The molecule has 0 saturated heterocycles. The Morgan fingerprint density at radius 1 is 1.33 bits per heavy atom. The Morgan fingerprint density at radius 2 is 2.13 bits per heavy atom. The van der Waals surface area contributed by atoms with Gasteiger partial charge in [-0.15, -0.1) is 11.6 Å². The summed E-state index contributed by atoms with van der Waals surface area (Å²) >= 11 is 5.76. The number of nitrogens with zero attached hydrogens (tertiary/aromatic N) is 1. The van der Waals surface area contributed by atoms with Crippen LogP contribution in [0.4, 0.5) is 0 Å². The number of alkyl halides is 1. The van der Waals surface area contributed by atoms with Crippen LogP contribution in [-0.2, 0) is 0 Å². The third-order valence-electron chi connectivity index (χ3n) is 2.28. The smallest absolute Gasteiger partial charge is 0.0774 e. The first-order valence-corrected chi connectivity index (χ1v) is 5.41. The second-order valence-electron chi connectivity index (χ2n) is 3.55. The van der Waals surface area contributed by atoms with Crippen molar-refractivity contribution in [3.8, 4) is 0 Å². The normalized spacial score (nSPS) is 12.0. The van der Waals surface area contributed by atoms with Crippen molar-refractivity contribution in [2.75, 3.05) is 5.88 Å². The van der Waals surface area contributed by atoms with E-state index in [-0.39, 0.29) is 0 Å². The summed E-state index contributed by atoms with van der Waals surface area (Å²) < 4.78 is 0. The summed E-state index contributed by atoms with van der Waals surface area (Å²) in [4.78, 5) is 4.38. The topological polar surface area (TPSA) is 12.9 Å². The highest BCUT2D eigenvalue weighted by molar-refractivity contribution is 6.19. The van der Waals surface area contributed by atoms with Gasteiger partial charge < -0.3 is 0 Å². The van der Waals surface area contributed by atoms with Crippen molar-refractivity contribution in [2.45, 2.75) is 6.92 Å². The molecule has 1 aromatic carbocycles. The quantitative estimate of drug-likeness (QED) is 0.696. The van der Waals surface area contributed by atoms with Gasteiger partial charge in [0.05, 0.1) is 5.52 Å². The number of halogens is 1. The molecule has 2 rings (SSSR count). The fourth-order valence-electron chi connectivity index (χ4n) is 1.55. The average Bonchev–Trinajstić information content (AvgIpc) is 2.29. The van der Waals surface area contributed by atoms with Crippen LogP contribution in [0.5, 0.6) is 0 Å². The summed E-state index contributed by atoms with van der Waals surface area (Å²) in [5.74, 6) is 0.559. The highest BCUT2D eigenvalue weighted by atomic mass is 35.5. The monoisotopic (exact) mass is 217 g/mol. The van der Waals surface area contributed by atoms with Gasteiger partial charge in [0, 0.05) is 23.0 Å². The van der Waals surface area contributed by atoms with E-state index in [1.165, 1.54) is 0 Å². The largest absolute Gasteiger partial charge is 0.256 e. The number of rotatable bonds is 2. The number of aromatic nitrogens is 1. The summed E-state index contributed by atoms with van der Waals surface area (Å²) in [7, 11) is 0. The highest BCUT2D eigenvalue weighted by Crippen LogP contribution is 2.18. The van der Waals surface area contributed by atoms with E-state index in [2.05, 4.69) is 29.3 Å². The summed E-state index contributed by atoms with van der Waals surface area (Å²) in [6.45, 7) is 2.02. The number of fused-ring (bicyclic) bond motifs is 1. The first kappa shape index (κ1) is 10.2. The van der Waals surface area contributed by atoms with Gasteiger partial charge >= 0.3 is 0 Å². The van der Waals surface area contributed by atoms with Crippen LogP contribution in [0.2, 0.25) is 0 Å². The van der Waals surface area contributed by atoms with Gasteiger partial charge in [0.15, 0.2) is 0 Å². The van der Waals surface area contributed by atoms with Crippen molar-refractivity contribution < 1.29 is 0 Å². The molecule has 2 aromatic rings. The lowest BCUT2D eigenvalue weighted by molar-refractivity contribution is 1.39. The van der Waals surface area contributed by atoms with Crippen molar-refractivity contribution in [3.05, 3.63) is 47.7 Å². The van der Waals surface area contributed by atoms with Crippen LogP contribution in [0.1, 0.15) is 12.5 Å². The van der Waals surface area contributed by atoms with Crippen molar-refractivity contribution in [3.63, 3.8) is 0 Å². The Bertz CT molecular complexity index is 497. The SMILES string of the molecule is C/C(=C/c1cccc2cccnc12)CCl. The van der Waals surface area contributed by atoms with Gasteiger partial charge in [0.1, 0.15) is 0 Å². The van der Waals surface area contributed by atoms with Gasteiger partial charge in [-0.3, -0.25) is 4.98 Å². The first-order chi connectivity index (χ1) is 7.31. The molecule has 0 radical (unpaired) electrons. The molecular formula is C13H12ClN. The Labute approximate surface area is 94.4 Å². The predicted molar refractivity (Wildman–Crippen MR) is 66.1 cm³/mol. The van der Waals surface area contributed by atoms with Crippen molar-refractivity contribution in [1.29, 1.82) is 0 Å². The highest BCUT2D eigenvalue weighted by Gasteiger charge is 1.98. The first-order valence-electron chi connectivity index (χ1n) is 4.88. The molecule has 0 aliphatic carbocycles. The lowest BCUT2D eigenvalue weighted by Crippen LogP contribution is -1.84. The van der Waals surface area contributed by atoms with Crippen LogP contribution in [0.25, 0.3) is 17.0 Å². The molecule has 0 saturated carbocycles. The van der Waals surface area contributed by atoms with Crippen LogP contribution in [0.3, 0.4) is 0 Å². The summed E-state index contributed by atoms with van der Waals surface area (Å²) in [6.07, 6.45) is 3.90. The van der Waals surface area contributed by atoms with E-state index in [1.807, 2.05) is 25.3 Å². The van der Waals surface area contributed by atoms with Crippen LogP contribution >= 0.6 is 11.6 Å². The molecule has 1 heterocycles. The third kappa shape index (κ3) is 2.18. The molecule has 1 nitrogen and oxygen atoms in total. The number of hydrogen-bond donors (Lipinski definition) is 0. The maximum atomic E-state index is 5.76. The van der Waals surface area contributed by atoms with E-state index in [4.69, 9.17) is 11.6 Å². The van der Waals surface area contributed by atoms with E-state index in [0.717, 1.165) is 22.0 Å². The van der Waals surface area contributed by atoms with E-state index >= 15 is 0 Å². The zero-order chi connectivity index (χ0) is 10.7. The van der Waals surface area contributed by atoms with Crippen LogP contribution in [0.15, 0.2) is 42.1 Å². The van der Waals surface area contributed by atoms with Gasteiger partial charge in [0.2, 0.25) is 0 Å². The molecule has 76 valence electrons. The summed E-state index contributed by atoms with van der Waals surface area (Å²) in [5, 5.41) is 1.16. The zero-order valence-corrected chi connectivity index (χ0v) is 9.33. The predicted octanol–water partition coefficient (Wildman–Crippen LogP) is 3.88. The van der Waals surface area contributed by atoms with Gasteiger partial charge in [-0.25, -0.2) is 0 Å². The fraction of sp³-hybridized carbons (Fsp3) is 0.154. The molecule has 0 N–H and O–H groups in total. The number of benzene rings is 1. The van der Waals surface area contributed by atoms with E-state index in [9.17, 15) is 0 Å². The molecule has 15 heavy (non-hydrogen) atoms. The standard InChI is InChI=1S/C13H12ClN/c1-10(9-14)8-12-5-2-4-11-6-3-7-15-13(11)12/h2-8H,9H2,1H3/b10-8-. The molecule has 0 bridgehead atoms. The van der Waals surface area contributed by atoms with Crippen LogP contribution in [0, 0.1) is 0 Å². The minimum atomic E-state index is 0.559. The molecule has 0 spiro atoms. The third-order valence-corrected chi connectivity index (χ3v) is 2.70. The van der Waals surface area contributed by atoms with Gasteiger partial charge in [0.25, 0.3) is 0 Å². The maximum absolute atomic E-state index is 5.76. The second kappa shape index (κ2) is 4.45. The van der Waals surface area contributed by atoms with Crippen LogP contribution < -0.4 is 0 Å². The minimum absolute atomic E-state index is 0.559. The number of allylic oxidation sites excluding steroid dienone is 1. The lowest BCUT2D eigenvalue weighted by atomic mass is 10.1. The maximum Gasteiger partial charge on any atom is 0.0774 e. The molecule has 0 fully saturated rings. The average molecular weight is 218 g/mol. The minimum Gasteiger partial charge on any atom is -0.256 e. The fourth-order valence-corrected chi connectivity index (χ4v) is 1.63. The van der Waals surface area contributed by atoms with E-state index < -0.39 is 0 Å². The molecule has 1 aromatic heterocycles. The molecular weight excluding hydrogens is 206 g/mol. The Morgan fingerprint density at radius 3 is 2.93 bits per heavy atom. The molecule has 0 unspecified atom stereocenters. The summed E-state index contributed by atoms with van der Waals surface area (Å²) in [5.41, 5.74) is 3.31.